The van der Waals surface area contributed by atoms with Gasteiger partial charge in [-0.05, 0) is 59.2 Å². The van der Waals surface area contributed by atoms with Crippen molar-refractivity contribution >= 4 is 22.6 Å². The smallest absolute Gasteiger partial charge is 0.158 e. The lowest BCUT2D eigenvalue weighted by Crippen LogP contribution is -2.34. The van der Waals surface area contributed by atoms with Gasteiger partial charge in [0.05, 0.1) is 11.0 Å². The second kappa shape index (κ2) is 8.23. The van der Waals surface area contributed by atoms with Crippen LogP contribution >= 0.6 is 0 Å². The average molecular weight is 428 g/mol. The van der Waals surface area contributed by atoms with Crippen molar-refractivity contribution < 1.29 is 9.59 Å². The number of carbonyl (C=O) groups excluding carboxylic acids is 2. The van der Waals surface area contributed by atoms with Gasteiger partial charge in [-0.25, -0.2) is 4.98 Å². The molecule has 3 aromatic rings. The molecule has 0 saturated carbocycles. The molecule has 4 rings (SSSR count). The van der Waals surface area contributed by atoms with Gasteiger partial charge in [-0.1, -0.05) is 42.0 Å². The Balaban J connectivity index is 1.90. The fourth-order valence-corrected chi connectivity index (χ4v) is 4.84. The Kier molecular flexibility index (Phi) is 5.59. The Morgan fingerprint density at radius 3 is 1.97 bits per heavy atom. The van der Waals surface area contributed by atoms with Crippen LogP contribution < -0.4 is 0 Å². The lowest BCUT2D eigenvalue weighted by Gasteiger charge is -2.38. The second-order valence-electron chi connectivity index (χ2n) is 8.60. The molecule has 0 amide bonds. The van der Waals surface area contributed by atoms with E-state index in [0.29, 0.717) is 17.8 Å². The molecule has 0 N–H and O–H groups in total. The van der Waals surface area contributed by atoms with Crippen molar-refractivity contribution in [3.8, 4) is 0 Å². The zero-order valence-electron chi connectivity index (χ0n) is 19.6. The van der Waals surface area contributed by atoms with Crippen molar-refractivity contribution in [3.05, 3.63) is 88.0 Å². The van der Waals surface area contributed by atoms with Crippen LogP contribution in [0.1, 0.15) is 50.6 Å². The topological polar surface area (TPSA) is 55.2 Å². The highest BCUT2D eigenvalue weighted by Gasteiger charge is 2.36. The first-order valence-electron chi connectivity index (χ1n) is 10.9. The zero-order valence-corrected chi connectivity index (χ0v) is 19.6. The van der Waals surface area contributed by atoms with Gasteiger partial charge >= 0.3 is 0 Å². The number of benzene rings is 2. The van der Waals surface area contributed by atoms with Crippen LogP contribution in [-0.2, 0) is 16.3 Å². The molecular weight excluding hydrogens is 398 g/mol. The Bertz CT molecular complexity index is 1250. The molecule has 0 spiro atoms. The Labute approximate surface area is 189 Å². The Hall–Kier alpha value is -3.47. The van der Waals surface area contributed by atoms with Crippen molar-refractivity contribution in [3.63, 3.8) is 0 Å². The summed E-state index contributed by atoms with van der Waals surface area (Å²) in [6.45, 7) is 11.6. The van der Waals surface area contributed by atoms with Crippen LogP contribution in [0, 0.1) is 13.8 Å². The predicted molar refractivity (Wildman–Crippen MR) is 127 cm³/mol. The minimum atomic E-state index is -0.359. The number of hydrogen-bond donors (Lipinski definition) is 0. The van der Waals surface area contributed by atoms with Crippen molar-refractivity contribution in [2.24, 2.45) is 0 Å². The molecule has 2 aromatic carbocycles. The third-order valence-corrected chi connectivity index (χ3v) is 6.46. The van der Waals surface area contributed by atoms with Gasteiger partial charge in [-0.15, -0.1) is 0 Å². The van der Waals surface area contributed by atoms with Crippen LogP contribution in [0.5, 0.6) is 0 Å². The average Bonchev–Trinajstić information content (AvgIpc) is 3.05. The minimum Gasteiger partial charge on any atom is -0.330 e. The quantitative estimate of drug-likeness (QED) is 0.544. The van der Waals surface area contributed by atoms with Gasteiger partial charge < -0.3 is 9.47 Å². The summed E-state index contributed by atoms with van der Waals surface area (Å²) in [6.07, 6.45) is 0. The number of allylic oxidation sites excluding steroid dienone is 4. The summed E-state index contributed by atoms with van der Waals surface area (Å²) in [5.74, 6) is 0.497. The first-order chi connectivity index (χ1) is 15.2. The van der Waals surface area contributed by atoms with Crippen molar-refractivity contribution in [1.82, 2.24) is 14.5 Å². The van der Waals surface area contributed by atoms with Gasteiger partial charge in [0.15, 0.2) is 11.6 Å². The Morgan fingerprint density at radius 1 is 0.844 bits per heavy atom. The third-order valence-electron chi connectivity index (χ3n) is 6.46. The highest BCUT2D eigenvalue weighted by Crippen LogP contribution is 2.43. The maximum absolute atomic E-state index is 12.9. The molecule has 2 heterocycles. The van der Waals surface area contributed by atoms with Gasteiger partial charge in [0.25, 0.3) is 0 Å². The number of aromatic nitrogens is 2. The summed E-state index contributed by atoms with van der Waals surface area (Å²) in [5.41, 5.74) is 7.17. The van der Waals surface area contributed by atoms with E-state index in [-0.39, 0.29) is 17.5 Å². The number of rotatable bonds is 5. The number of nitrogens with zero attached hydrogens (tertiary/aromatic N) is 3. The number of para-hydroxylation sites is 2. The summed E-state index contributed by atoms with van der Waals surface area (Å²) in [7, 11) is 0. The number of hydrogen-bond acceptors (Lipinski definition) is 4. The molecule has 0 radical (unpaired) electrons. The summed E-state index contributed by atoms with van der Waals surface area (Å²) in [4.78, 5) is 32.6. The summed E-state index contributed by atoms with van der Waals surface area (Å²) in [5, 5.41) is 0. The largest absolute Gasteiger partial charge is 0.330 e. The van der Waals surface area contributed by atoms with Crippen LogP contribution in [0.3, 0.4) is 0 Å². The normalized spacial score (nSPS) is 15.1. The fraction of sp³-hybridized carbons (Fsp3) is 0.296. The minimum absolute atomic E-state index is 0.0171. The lowest BCUT2D eigenvalue weighted by molar-refractivity contribution is -0.114. The molecule has 0 bridgehead atoms. The first-order valence-corrected chi connectivity index (χ1v) is 10.9. The van der Waals surface area contributed by atoms with Crippen LogP contribution in [0.4, 0.5) is 0 Å². The van der Waals surface area contributed by atoms with E-state index in [1.165, 1.54) is 0 Å². The summed E-state index contributed by atoms with van der Waals surface area (Å²) in [6, 6.07) is 16.1. The van der Waals surface area contributed by atoms with Gasteiger partial charge in [0.1, 0.15) is 12.5 Å². The molecule has 0 saturated heterocycles. The van der Waals surface area contributed by atoms with Gasteiger partial charge in [0.2, 0.25) is 0 Å². The second-order valence-corrected chi connectivity index (χ2v) is 8.60. The van der Waals surface area contributed by atoms with E-state index in [1.807, 2.05) is 76.2 Å². The maximum atomic E-state index is 12.9. The van der Waals surface area contributed by atoms with Crippen LogP contribution in [-0.4, -0.2) is 26.0 Å². The number of aryl methyl sites for hydroxylation is 2. The first kappa shape index (κ1) is 21.8. The molecule has 0 unspecified atom stereocenters. The van der Waals surface area contributed by atoms with E-state index in [1.54, 1.807) is 13.8 Å². The standard InChI is InChI=1S/C27H29N3O2/c1-16-11-13-22(14-12-16)27-25(19(4)31)17(2)29(18(3)26(27)20(5)32)15-30-21(6)28-23-9-7-8-10-24(23)30/h7-14,27H,15H2,1-6H3. The van der Waals surface area contributed by atoms with E-state index in [0.717, 1.165) is 39.4 Å². The van der Waals surface area contributed by atoms with Gasteiger partial charge in [-0.2, -0.15) is 0 Å². The molecule has 0 aliphatic carbocycles. The number of imidazole rings is 1. The molecule has 0 atom stereocenters. The van der Waals surface area contributed by atoms with E-state index in [9.17, 15) is 9.59 Å². The van der Waals surface area contributed by atoms with Crippen LogP contribution in [0.2, 0.25) is 0 Å². The van der Waals surface area contributed by atoms with Gasteiger partial charge in [-0.3, -0.25) is 9.59 Å². The molecule has 5 heteroatoms. The van der Waals surface area contributed by atoms with E-state index < -0.39 is 0 Å². The molecule has 1 aromatic heterocycles. The molecule has 1 aliphatic rings. The lowest BCUT2D eigenvalue weighted by atomic mass is 9.77. The van der Waals surface area contributed by atoms with Crippen LogP contribution in [0.25, 0.3) is 11.0 Å². The molecule has 0 fully saturated rings. The SMILES string of the molecule is CC(=O)C1=C(C)N(Cn2c(C)nc3ccccc32)C(C)=C(C(C)=O)C1c1ccc(C)cc1. The van der Waals surface area contributed by atoms with Crippen molar-refractivity contribution in [1.29, 1.82) is 0 Å². The number of carbonyl (C=O) groups is 2. The molecule has 32 heavy (non-hydrogen) atoms. The molecule has 1 aliphatic heterocycles. The third kappa shape index (κ3) is 3.58. The summed E-state index contributed by atoms with van der Waals surface area (Å²) >= 11 is 0. The Morgan fingerprint density at radius 2 is 1.41 bits per heavy atom. The van der Waals surface area contributed by atoms with E-state index in [4.69, 9.17) is 0 Å². The highest BCUT2D eigenvalue weighted by molar-refractivity contribution is 6.03. The van der Waals surface area contributed by atoms with Gasteiger partial charge in [0, 0.05) is 28.5 Å². The van der Waals surface area contributed by atoms with Crippen LogP contribution in [0.15, 0.2) is 71.1 Å². The maximum Gasteiger partial charge on any atom is 0.158 e. The molecule has 5 nitrogen and oxygen atoms in total. The number of Topliss-reactive ketones (excluding diaryl/α,β-unsaturated/α-hetero) is 2. The van der Waals surface area contributed by atoms with Crippen molar-refractivity contribution in [2.45, 2.75) is 54.1 Å². The molecular formula is C27H29N3O2. The fourth-order valence-electron chi connectivity index (χ4n) is 4.84. The highest BCUT2D eigenvalue weighted by atomic mass is 16.1. The summed E-state index contributed by atoms with van der Waals surface area (Å²) < 4.78 is 2.13. The van der Waals surface area contributed by atoms with E-state index in [2.05, 4.69) is 14.5 Å². The monoisotopic (exact) mass is 427 g/mol. The molecule has 164 valence electrons. The predicted octanol–water partition coefficient (Wildman–Crippen LogP) is 5.44. The number of ketones is 2. The van der Waals surface area contributed by atoms with E-state index >= 15 is 0 Å². The van der Waals surface area contributed by atoms with Crippen molar-refractivity contribution in [2.75, 3.05) is 0 Å². The number of fused-ring (bicyclic) bond motifs is 1. The zero-order chi connectivity index (χ0) is 23.2.